The summed E-state index contributed by atoms with van der Waals surface area (Å²) in [5.74, 6) is -0.109. The van der Waals surface area contributed by atoms with Crippen LogP contribution in [0.25, 0.3) is 33.4 Å². The molecule has 0 radical (unpaired) electrons. The Kier molecular flexibility index (Phi) is 3.35. The normalized spacial score (nSPS) is 10.8. The van der Waals surface area contributed by atoms with E-state index in [-0.39, 0.29) is 11.3 Å². The van der Waals surface area contributed by atoms with Gasteiger partial charge in [-0.25, -0.2) is 4.79 Å². The van der Waals surface area contributed by atoms with Gasteiger partial charge < -0.3 is 9.52 Å². The molecule has 0 fully saturated rings. The Morgan fingerprint density at radius 3 is 2.33 bits per heavy atom. The van der Waals surface area contributed by atoms with Crippen LogP contribution in [0, 0.1) is 0 Å². The van der Waals surface area contributed by atoms with Crippen molar-refractivity contribution in [2.45, 2.75) is 0 Å². The molecule has 0 spiro atoms. The number of benzene rings is 2. The van der Waals surface area contributed by atoms with Crippen molar-refractivity contribution in [2.24, 2.45) is 0 Å². The first-order valence-corrected chi connectivity index (χ1v) is 7.51. The van der Waals surface area contributed by atoms with Crippen molar-refractivity contribution in [3.8, 4) is 28.1 Å². The van der Waals surface area contributed by atoms with Gasteiger partial charge in [0, 0.05) is 11.8 Å². The second-order valence-corrected chi connectivity index (χ2v) is 5.41. The van der Waals surface area contributed by atoms with E-state index in [2.05, 4.69) is 4.98 Å². The standard InChI is InChI=1S/C20H13NO3/c22-19-15-8-4-5-9-17(15)24-20(23)18(19)16-11-10-14(12-21-16)13-6-2-1-3-7-13/h1-12,22H. The molecule has 4 rings (SSSR count). The summed E-state index contributed by atoms with van der Waals surface area (Å²) in [4.78, 5) is 16.6. The lowest BCUT2D eigenvalue weighted by Gasteiger charge is -2.07. The second-order valence-electron chi connectivity index (χ2n) is 5.41. The van der Waals surface area contributed by atoms with Crippen LogP contribution in [0.2, 0.25) is 0 Å². The van der Waals surface area contributed by atoms with Gasteiger partial charge in [-0.05, 0) is 23.8 Å². The van der Waals surface area contributed by atoms with Crippen LogP contribution in [0.5, 0.6) is 5.75 Å². The number of fused-ring (bicyclic) bond motifs is 1. The summed E-state index contributed by atoms with van der Waals surface area (Å²) in [5, 5.41) is 11.0. The molecule has 0 saturated carbocycles. The zero-order chi connectivity index (χ0) is 16.5. The van der Waals surface area contributed by atoms with E-state index in [1.165, 1.54) is 0 Å². The number of para-hydroxylation sites is 1. The summed E-state index contributed by atoms with van der Waals surface area (Å²) in [6.45, 7) is 0. The van der Waals surface area contributed by atoms with E-state index < -0.39 is 5.63 Å². The number of pyridine rings is 1. The highest BCUT2D eigenvalue weighted by atomic mass is 16.4. The number of hydrogen-bond acceptors (Lipinski definition) is 4. The molecule has 0 saturated heterocycles. The van der Waals surface area contributed by atoms with Crippen molar-refractivity contribution in [1.29, 1.82) is 0 Å². The van der Waals surface area contributed by atoms with Gasteiger partial charge in [0.15, 0.2) is 0 Å². The summed E-state index contributed by atoms with van der Waals surface area (Å²) >= 11 is 0. The highest BCUT2D eigenvalue weighted by molar-refractivity contribution is 5.89. The van der Waals surface area contributed by atoms with Gasteiger partial charge in [-0.1, -0.05) is 48.5 Å². The van der Waals surface area contributed by atoms with E-state index in [0.29, 0.717) is 16.7 Å². The van der Waals surface area contributed by atoms with Crippen LogP contribution in [0.1, 0.15) is 0 Å². The van der Waals surface area contributed by atoms with Crippen molar-refractivity contribution < 1.29 is 9.52 Å². The third-order valence-corrected chi connectivity index (χ3v) is 3.91. The molecular formula is C20H13NO3. The monoisotopic (exact) mass is 315 g/mol. The van der Waals surface area contributed by atoms with Gasteiger partial charge in [-0.2, -0.15) is 0 Å². The van der Waals surface area contributed by atoms with Crippen molar-refractivity contribution >= 4 is 11.0 Å². The molecule has 2 aromatic carbocycles. The first kappa shape index (κ1) is 14.2. The largest absolute Gasteiger partial charge is 0.506 e. The molecule has 116 valence electrons. The lowest BCUT2D eigenvalue weighted by molar-refractivity contribution is 0.471. The van der Waals surface area contributed by atoms with Crippen LogP contribution in [0.4, 0.5) is 0 Å². The Morgan fingerprint density at radius 2 is 1.58 bits per heavy atom. The van der Waals surface area contributed by atoms with E-state index in [1.807, 2.05) is 36.4 Å². The maximum Gasteiger partial charge on any atom is 0.349 e. The molecule has 0 aliphatic rings. The average Bonchev–Trinajstić information content (AvgIpc) is 2.63. The van der Waals surface area contributed by atoms with Crippen molar-refractivity contribution in [2.75, 3.05) is 0 Å². The molecule has 0 aliphatic carbocycles. The van der Waals surface area contributed by atoms with Crippen LogP contribution in [-0.4, -0.2) is 10.1 Å². The highest BCUT2D eigenvalue weighted by Crippen LogP contribution is 2.32. The van der Waals surface area contributed by atoms with E-state index in [1.54, 1.807) is 36.5 Å². The van der Waals surface area contributed by atoms with Crippen LogP contribution in [0.3, 0.4) is 0 Å². The summed E-state index contributed by atoms with van der Waals surface area (Å²) in [5.41, 5.74) is 2.17. The third kappa shape index (κ3) is 2.34. The Balaban J connectivity index is 1.85. The van der Waals surface area contributed by atoms with Gasteiger partial charge in [-0.15, -0.1) is 0 Å². The molecule has 0 aliphatic heterocycles. The van der Waals surface area contributed by atoms with Gasteiger partial charge >= 0.3 is 5.63 Å². The Morgan fingerprint density at radius 1 is 0.833 bits per heavy atom. The summed E-state index contributed by atoms with van der Waals surface area (Å²) in [6.07, 6.45) is 1.68. The van der Waals surface area contributed by atoms with E-state index in [4.69, 9.17) is 4.42 Å². The molecule has 2 heterocycles. The molecule has 2 aromatic heterocycles. The van der Waals surface area contributed by atoms with E-state index >= 15 is 0 Å². The lowest BCUT2D eigenvalue weighted by Crippen LogP contribution is -2.04. The van der Waals surface area contributed by atoms with Crippen molar-refractivity contribution in [1.82, 2.24) is 4.98 Å². The first-order valence-electron chi connectivity index (χ1n) is 7.51. The first-order chi connectivity index (χ1) is 11.7. The van der Waals surface area contributed by atoms with Crippen molar-refractivity contribution in [3.63, 3.8) is 0 Å². The fraction of sp³-hybridized carbons (Fsp3) is 0. The average molecular weight is 315 g/mol. The van der Waals surface area contributed by atoms with Gasteiger partial charge in [0.25, 0.3) is 0 Å². The van der Waals surface area contributed by atoms with Crippen LogP contribution in [0.15, 0.2) is 82.1 Å². The number of aromatic nitrogens is 1. The Labute approximate surface area is 137 Å². The van der Waals surface area contributed by atoms with E-state index in [0.717, 1.165) is 11.1 Å². The molecule has 1 N–H and O–H groups in total. The van der Waals surface area contributed by atoms with Crippen LogP contribution < -0.4 is 5.63 Å². The number of nitrogens with zero attached hydrogens (tertiary/aromatic N) is 1. The summed E-state index contributed by atoms with van der Waals surface area (Å²) < 4.78 is 5.29. The van der Waals surface area contributed by atoms with Gasteiger partial charge in [0.1, 0.15) is 16.9 Å². The lowest BCUT2D eigenvalue weighted by atomic mass is 10.1. The van der Waals surface area contributed by atoms with Crippen LogP contribution in [-0.2, 0) is 0 Å². The number of aromatic hydroxyl groups is 1. The molecular weight excluding hydrogens is 302 g/mol. The zero-order valence-corrected chi connectivity index (χ0v) is 12.6. The Hall–Kier alpha value is -3.40. The number of rotatable bonds is 2. The fourth-order valence-corrected chi connectivity index (χ4v) is 2.70. The molecule has 0 unspecified atom stereocenters. The van der Waals surface area contributed by atoms with E-state index in [9.17, 15) is 9.90 Å². The predicted octanol–water partition coefficient (Wildman–Crippen LogP) is 4.23. The minimum Gasteiger partial charge on any atom is -0.506 e. The molecule has 0 atom stereocenters. The maximum atomic E-state index is 12.2. The molecule has 24 heavy (non-hydrogen) atoms. The maximum absolute atomic E-state index is 12.2. The molecule has 4 aromatic rings. The SMILES string of the molecule is O=c1oc2ccccc2c(O)c1-c1ccc(-c2ccccc2)cn1. The van der Waals surface area contributed by atoms with Crippen molar-refractivity contribution in [3.05, 3.63) is 83.3 Å². The van der Waals surface area contributed by atoms with Gasteiger partial charge in [0.2, 0.25) is 0 Å². The topological polar surface area (TPSA) is 63.3 Å². The third-order valence-electron chi connectivity index (χ3n) is 3.91. The number of hydrogen-bond donors (Lipinski definition) is 1. The molecule has 4 heteroatoms. The highest BCUT2D eigenvalue weighted by Gasteiger charge is 2.16. The quantitative estimate of drug-likeness (QED) is 0.562. The predicted molar refractivity (Wildman–Crippen MR) is 92.8 cm³/mol. The zero-order valence-electron chi connectivity index (χ0n) is 12.6. The molecule has 4 nitrogen and oxygen atoms in total. The van der Waals surface area contributed by atoms with Gasteiger partial charge in [-0.3, -0.25) is 4.98 Å². The second kappa shape index (κ2) is 5.66. The van der Waals surface area contributed by atoms with Crippen LogP contribution >= 0.6 is 0 Å². The summed E-state index contributed by atoms with van der Waals surface area (Å²) in [6, 6.07) is 20.3. The fourth-order valence-electron chi connectivity index (χ4n) is 2.70. The Bertz CT molecular complexity index is 1070. The van der Waals surface area contributed by atoms with Gasteiger partial charge in [0.05, 0.1) is 11.1 Å². The minimum atomic E-state index is -0.605. The minimum absolute atomic E-state index is 0.0771. The summed E-state index contributed by atoms with van der Waals surface area (Å²) in [7, 11) is 0. The molecule has 0 amide bonds. The molecule has 0 bridgehead atoms. The smallest absolute Gasteiger partial charge is 0.349 e.